The maximum Gasteiger partial charge on any atom is 0.407 e. The monoisotopic (exact) mass is 649 g/mol. The summed E-state index contributed by atoms with van der Waals surface area (Å²) in [5.41, 5.74) is -0.115. The van der Waals surface area contributed by atoms with Gasteiger partial charge < -0.3 is 15.4 Å². The molecule has 2 aromatic rings. The number of benzene rings is 2. The summed E-state index contributed by atoms with van der Waals surface area (Å²) in [5.74, 6) is -2.51. The number of amides is 4. The number of imide groups is 1. The Kier molecular flexibility index (Phi) is 7.65. The molecule has 2 aromatic carbocycles. The lowest BCUT2D eigenvalue weighted by molar-refractivity contribution is -0.144. The van der Waals surface area contributed by atoms with E-state index in [2.05, 4.69) is 26.6 Å². The largest absolute Gasteiger partial charge is 0.444 e. The molecule has 3 aliphatic rings. The van der Waals surface area contributed by atoms with E-state index >= 15 is 0 Å². The smallest absolute Gasteiger partial charge is 0.407 e. The summed E-state index contributed by atoms with van der Waals surface area (Å²) in [6, 6.07) is 19.1. The standard InChI is InChI=1S/C33H36BrN3O6/c1-30(2,3)43-29(42)36-18-17-35-22(38)16-19-37-26(39)25-31(4)23(20-12-8-6-9-13-20)24(21-14-10-7-11-15-21)32(5,27(31)40)33(25,34)28(37)41/h6-15,25H,16-19H2,1-5H3,(H,35,38)(H,36,42)/t25?,31-,32-,33?/m0/s1. The molecule has 9 nitrogen and oxygen atoms in total. The number of alkyl halides is 1. The number of ketones is 1. The van der Waals surface area contributed by atoms with Crippen LogP contribution in [0.15, 0.2) is 60.7 Å². The van der Waals surface area contributed by atoms with Gasteiger partial charge >= 0.3 is 6.09 Å². The van der Waals surface area contributed by atoms with Crippen LogP contribution in [0.3, 0.4) is 0 Å². The van der Waals surface area contributed by atoms with Crippen LogP contribution in [0.1, 0.15) is 52.2 Å². The lowest BCUT2D eigenvalue weighted by atomic mass is 9.63. The number of nitrogens with zero attached hydrogens (tertiary/aromatic N) is 1. The zero-order valence-corrected chi connectivity index (χ0v) is 26.5. The molecule has 4 amide bonds. The van der Waals surface area contributed by atoms with Crippen molar-refractivity contribution in [2.45, 2.75) is 51.0 Å². The van der Waals surface area contributed by atoms with Crippen LogP contribution in [-0.2, 0) is 23.9 Å². The molecule has 0 aromatic heterocycles. The second-order valence-corrected chi connectivity index (χ2v) is 13.9. The SMILES string of the molecule is CC(C)(C)OC(=O)NCCNC(=O)CCN1C(=O)C2C(Br)(C1=O)[C@]1(C)C(=O)[C@@]2(C)C(c2ccccc2)=C1c1ccccc1. The molecule has 2 bridgehead atoms. The number of hydrogen-bond donors (Lipinski definition) is 2. The Morgan fingerprint density at radius 3 is 1.98 bits per heavy atom. The van der Waals surface area contributed by atoms with E-state index in [0.29, 0.717) is 0 Å². The van der Waals surface area contributed by atoms with Gasteiger partial charge in [-0.3, -0.25) is 24.1 Å². The Morgan fingerprint density at radius 1 is 0.884 bits per heavy atom. The van der Waals surface area contributed by atoms with Gasteiger partial charge in [-0.15, -0.1) is 0 Å². The van der Waals surface area contributed by atoms with Crippen molar-refractivity contribution in [1.82, 2.24) is 15.5 Å². The number of likely N-dealkylation sites (tertiary alicyclic amines) is 1. The van der Waals surface area contributed by atoms with Crippen LogP contribution in [-0.4, -0.2) is 64.1 Å². The highest BCUT2D eigenvalue weighted by atomic mass is 79.9. The summed E-state index contributed by atoms with van der Waals surface area (Å²) in [6.07, 6.45) is -0.709. The van der Waals surface area contributed by atoms with Crippen molar-refractivity contribution in [2.75, 3.05) is 19.6 Å². The van der Waals surface area contributed by atoms with Crippen LogP contribution in [0.4, 0.5) is 4.79 Å². The summed E-state index contributed by atoms with van der Waals surface area (Å²) in [4.78, 5) is 68.2. The predicted octanol–water partition coefficient (Wildman–Crippen LogP) is 4.36. The van der Waals surface area contributed by atoms with Gasteiger partial charge in [-0.2, -0.15) is 0 Å². The number of alkyl carbamates (subject to hydrolysis) is 1. The number of Topliss-reactive ketones (excluding diaryl/α,β-unsaturated/α-hetero) is 1. The summed E-state index contributed by atoms with van der Waals surface area (Å²) < 4.78 is 3.67. The Balaban J connectivity index is 1.38. The van der Waals surface area contributed by atoms with Crippen molar-refractivity contribution in [2.24, 2.45) is 16.7 Å². The summed E-state index contributed by atoms with van der Waals surface area (Å²) in [6.45, 7) is 8.98. The lowest BCUT2D eigenvalue weighted by Crippen LogP contribution is -2.50. The molecule has 2 fully saturated rings. The van der Waals surface area contributed by atoms with E-state index in [1.807, 2.05) is 60.7 Å². The number of fused-ring (bicyclic) bond motifs is 5. The van der Waals surface area contributed by atoms with Crippen LogP contribution in [0.5, 0.6) is 0 Å². The van der Waals surface area contributed by atoms with Gasteiger partial charge in [-0.1, -0.05) is 76.6 Å². The normalized spacial score (nSPS) is 27.9. The lowest BCUT2D eigenvalue weighted by Gasteiger charge is -2.41. The van der Waals surface area contributed by atoms with Crippen LogP contribution < -0.4 is 10.6 Å². The maximum absolute atomic E-state index is 14.4. The van der Waals surface area contributed by atoms with E-state index in [1.54, 1.807) is 34.6 Å². The van der Waals surface area contributed by atoms with Gasteiger partial charge in [0, 0.05) is 26.1 Å². The number of allylic oxidation sites excluding steroid dienone is 2. The van der Waals surface area contributed by atoms with Crippen LogP contribution in [0, 0.1) is 16.7 Å². The van der Waals surface area contributed by atoms with E-state index in [-0.39, 0.29) is 37.7 Å². The quantitative estimate of drug-likeness (QED) is 0.249. The fraction of sp³-hybridized carbons (Fsp3) is 0.424. The highest BCUT2D eigenvalue weighted by molar-refractivity contribution is 9.10. The number of carbonyl (C=O) groups excluding carboxylic acids is 5. The third-order valence-corrected chi connectivity index (χ3v) is 10.4. The Labute approximate surface area is 259 Å². The first-order chi connectivity index (χ1) is 20.2. The summed E-state index contributed by atoms with van der Waals surface area (Å²) in [7, 11) is 0. The van der Waals surface area contributed by atoms with Gasteiger partial charge in [0.2, 0.25) is 17.7 Å². The fourth-order valence-corrected chi connectivity index (χ4v) is 8.30. The average Bonchev–Trinajstić information content (AvgIpc) is 3.34. The van der Waals surface area contributed by atoms with Crippen molar-refractivity contribution >= 4 is 56.7 Å². The number of nitrogens with one attached hydrogen (secondary N) is 2. The van der Waals surface area contributed by atoms with Gasteiger partial charge in [0.05, 0.1) is 16.7 Å². The van der Waals surface area contributed by atoms with Crippen molar-refractivity contribution < 1.29 is 28.7 Å². The zero-order valence-electron chi connectivity index (χ0n) is 25.0. The minimum Gasteiger partial charge on any atom is -0.444 e. The Bertz CT molecular complexity index is 1530. The number of rotatable bonds is 8. The van der Waals surface area contributed by atoms with E-state index in [1.165, 1.54) is 0 Å². The highest BCUT2D eigenvalue weighted by Gasteiger charge is 2.85. The summed E-state index contributed by atoms with van der Waals surface area (Å²) in [5, 5.41) is 5.26. The molecule has 2 aliphatic carbocycles. The van der Waals surface area contributed by atoms with E-state index in [9.17, 15) is 24.0 Å². The number of hydrogen-bond acceptors (Lipinski definition) is 6. The summed E-state index contributed by atoms with van der Waals surface area (Å²) >= 11 is 3.72. The van der Waals surface area contributed by atoms with Crippen molar-refractivity contribution in [3.8, 4) is 0 Å². The second kappa shape index (κ2) is 10.7. The minimum atomic E-state index is -1.50. The molecule has 43 heavy (non-hydrogen) atoms. The number of carbonyl (C=O) groups is 5. The molecule has 4 atom stereocenters. The highest BCUT2D eigenvalue weighted by Crippen LogP contribution is 2.77. The third-order valence-electron chi connectivity index (χ3n) is 8.77. The molecular formula is C33H36BrN3O6. The second-order valence-electron chi connectivity index (χ2n) is 12.6. The average molecular weight is 651 g/mol. The molecule has 0 spiro atoms. The molecular weight excluding hydrogens is 614 g/mol. The first-order valence-corrected chi connectivity index (χ1v) is 15.2. The first kappa shape index (κ1) is 30.7. The molecule has 226 valence electrons. The molecule has 1 saturated heterocycles. The van der Waals surface area contributed by atoms with Crippen LogP contribution in [0.2, 0.25) is 0 Å². The maximum atomic E-state index is 14.4. The van der Waals surface area contributed by atoms with Crippen LogP contribution in [0.25, 0.3) is 11.1 Å². The molecule has 2 unspecified atom stereocenters. The van der Waals surface area contributed by atoms with Crippen molar-refractivity contribution in [1.29, 1.82) is 0 Å². The van der Waals surface area contributed by atoms with E-state index in [0.717, 1.165) is 27.2 Å². The van der Waals surface area contributed by atoms with Crippen molar-refractivity contribution in [3.63, 3.8) is 0 Å². The zero-order chi connectivity index (χ0) is 31.4. The van der Waals surface area contributed by atoms with Gasteiger partial charge in [0.1, 0.15) is 9.93 Å². The molecule has 0 radical (unpaired) electrons. The Hall–Kier alpha value is -3.79. The molecule has 1 aliphatic heterocycles. The van der Waals surface area contributed by atoms with Gasteiger partial charge in [0.25, 0.3) is 0 Å². The van der Waals surface area contributed by atoms with Gasteiger partial charge in [0.15, 0.2) is 5.78 Å². The van der Waals surface area contributed by atoms with E-state index < -0.39 is 44.6 Å². The molecule has 10 heteroatoms. The van der Waals surface area contributed by atoms with Crippen LogP contribution >= 0.6 is 15.9 Å². The number of halogens is 1. The fourth-order valence-electron chi connectivity index (χ4n) is 7.05. The van der Waals surface area contributed by atoms with Gasteiger partial charge in [-0.05, 0) is 56.9 Å². The molecule has 1 heterocycles. The third kappa shape index (κ3) is 4.61. The number of ether oxygens (including phenoxy) is 1. The molecule has 2 N–H and O–H groups in total. The Morgan fingerprint density at radius 2 is 1.42 bits per heavy atom. The topological polar surface area (TPSA) is 122 Å². The predicted molar refractivity (Wildman–Crippen MR) is 165 cm³/mol. The molecule has 1 saturated carbocycles. The minimum absolute atomic E-state index is 0.119. The molecule has 5 rings (SSSR count). The van der Waals surface area contributed by atoms with Crippen molar-refractivity contribution in [3.05, 3.63) is 71.8 Å². The van der Waals surface area contributed by atoms with Gasteiger partial charge in [-0.25, -0.2) is 4.79 Å². The first-order valence-electron chi connectivity index (χ1n) is 14.4. The van der Waals surface area contributed by atoms with E-state index in [4.69, 9.17) is 4.74 Å².